The van der Waals surface area contributed by atoms with Crippen LogP contribution >= 0.6 is 0 Å². The summed E-state index contributed by atoms with van der Waals surface area (Å²) in [6.07, 6.45) is -3.27. The number of rotatable bonds is 3. The van der Waals surface area contributed by atoms with Gasteiger partial charge in [-0.3, -0.25) is 4.90 Å². The summed E-state index contributed by atoms with van der Waals surface area (Å²) >= 11 is 0. The maximum Gasteiger partial charge on any atom is 0.416 e. The first-order chi connectivity index (χ1) is 12.4. The van der Waals surface area contributed by atoms with E-state index in [4.69, 9.17) is 4.98 Å². The number of imidazole rings is 1. The molecule has 136 valence electrons. The Morgan fingerprint density at radius 3 is 2.50 bits per heavy atom. The number of alkyl halides is 3. The van der Waals surface area contributed by atoms with Gasteiger partial charge in [0.1, 0.15) is 5.82 Å². The number of aryl methyl sites for hydroxylation is 1. The van der Waals surface area contributed by atoms with E-state index in [1.165, 1.54) is 0 Å². The van der Waals surface area contributed by atoms with Gasteiger partial charge in [0.05, 0.1) is 16.6 Å². The van der Waals surface area contributed by atoms with Crippen LogP contribution < -0.4 is 0 Å². The van der Waals surface area contributed by atoms with Crippen LogP contribution in [0.15, 0.2) is 48.5 Å². The first-order valence-corrected chi connectivity index (χ1v) is 8.71. The molecule has 0 spiro atoms. The molecule has 3 aromatic rings. The van der Waals surface area contributed by atoms with Crippen LogP contribution in [0.2, 0.25) is 0 Å². The van der Waals surface area contributed by atoms with E-state index in [9.17, 15) is 13.2 Å². The van der Waals surface area contributed by atoms with E-state index < -0.39 is 11.7 Å². The van der Waals surface area contributed by atoms with Crippen molar-refractivity contribution in [2.75, 3.05) is 13.1 Å². The van der Waals surface area contributed by atoms with Gasteiger partial charge in [0.25, 0.3) is 0 Å². The van der Waals surface area contributed by atoms with Crippen molar-refractivity contribution < 1.29 is 13.2 Å². The Kier molecular flexibility index (Phi) is 4.23. The fraction of sp³-hybridized carbons (Fsp3) is 0.350. The van der Waals surface area contributed by atoms with E-state index >= 15 is 0 Å². The van der Waals surface area contributed by atoms with Gasteiger partial charge in [0.2, 0.25) is 0 Å². The molecular weight excluding hydrogens is 339 g/mol. The topological polar surface area (TPSA) is 21.1 Å². The van der Waals surface area contributed by atoms with Crippen molar-refractivity contribution in [1.29, 1.82) is 0 Å². The third-order valence-electron chi connectivity index (χ3n) is 5.15. The van der Waals surface area contributed by atoms with Crippen LogP contribution in [-0.2, 0) is 19.8 Å². The Morgan fingerprint density at radius 1 is 1.08 bits per heavy atom. The number of hydrogen-bond acceptors (Lipinski definition) is 2. The molecule has 2 aromatic carbocycles. The van der Waals surface area contributed by atoms with Gasteiger partial charge in [-0.05, 0) is 42.8 Å². The molecule has 2 heterocycles. The second kappa shape index (κ2) is 6.43. The number of aromatic nitrogens is 2. The molecule has 0 bridgehead atoms. The van der Waals surface area contributed by atoms with E-state index in [-0.39, 0.29) is 0 Å². The average Bonchev–Trinajstić information content (AvgIpc) is 3.20. The minimum atomic E-state index is -4.28. The Hall–Kier alpha value is -2.34. The van der Waals surface area contributed by atoms with E-state index in [1.54, 1.807) is 12.1 Å². The smallest absolute Gasteiger partial charge is 0.331 e. The van der Waals surface area contributed by atoms with Gasteiger partial charge < -0.3 is 4.57 Å². The quantitative estimate of drug-likeness (QED) is 0.682. The van der Waals surface area contributed by atoms with Crippen LogP contribution in [0.3, 0.4) is 0 Å². The second-order valence-electron chi connectivity index (χ2n) is 6.93. The molecular formula is C20H20F3N3. The Morgan fingerprint density at radius 2 is 1.81 bits per heavy atom. The molecule has 1 fully saturated rings. The molecule has 1 aliphatic heterocycles. The lowest BCUT2D eigenvalue weighted by atomic mass is 10.1. The lowest BCUT2D eigenvalue weighted by molar-refractivity contribution is -0.137. The summed E-state index contributed by atoms with van der Waals surface area (Å²) in [5, 5.41) is 0. The highest BCUT2D eigenvalue weighted by atomic mass is 19.4. The van der Waals surface area contributed by atoms with Crippen LogP contribution in [0.5, 0.6) is 0 Å². The summed E-state index contributed by atoms with van der Waals surface area (Å²) in [5.41, 5.74) is 2.44. The summed E-state index contributed by atoms with van der Waals surface area (Å²) in [4.78, 5) is 7.07. The molecule has 0 radical (unpaired) electrons. The van der Waals surface area contributed by atoms with Gasteiger partial charge in [-0.15, -0.1) is 0 Å². The molecule has 1 aromatic heterocycles. The van der Waals surface area contributed by atoms with E-state index in [1.807, 2.05) is 25.2 Å². The summed E-state index contributed by atoms with van der Waals surface area (Å²) < 4.78 is 40.2. The van der Waals surface area contributed by atoms with Gasteiger partial charge >= 0.3 is 6.18 Å². The second-order valence-corrected chi connectivity index (χ2v) is 6.93. The Labute approximate surface area is 150 Å². The van der Waals surface area contributed by atoms with Crippen molar-refractivity contribution in [3.63, 3.8) is 0 Å². The molecule has 3 nitrogen and oxygen atoms in total. The van der Waals surface area contributed by atoms with Crippen molar-refractivity contribution in [2.24, 2.45) is 7.05 Å². The third-order valence-corrected chi connectivity index (χ3v) is 5.15. The Bertz CT molecular complexity index is 912. The van der Waals surface area contributed by atoms with Gasteiger partial charge in [-0.1, -0.05) is 24.3 Å². The standard InChI is InChI=1S/C20H20F3N3/c1-25-18-5-3-2-4-17(18)24-19(25)15-10-11-26(13-15)12-14-6-8-16(9-7-14)20(21,22)23/h2-9,15H,10-13H2,1H3/t15-/m0/s1. The highest BCUT2D eigenvalue weighted by Gasteiger charge is 2.30. The van der Waals surface area contributed by atoms with Gasteiger partial charge in [0.15, 0.2) is 0 Å². The lowest BCUT2D eigenvalue weighted by Crippen LogP contribution is -2.20. The third kappa shape index (κ3) is 3.21. The predicted octanol–water partition coefficient (Wildman–Crippen LogP) is 4.58. The largest absolute Gasteiger partial charge is 0.416 e. The number of hydrogen-bond donors (Lipinski definition) is 0. The van der Waals surface area contributed by atoms with Gasteiger partial charge in [-0.2, -0.15) is 13.2 Å². The van der Waals surface area contributed by atoms with Crippen molar-refractivity contribution in [3.05, 3.63) is 65.5 Å². The molecule has 0 N–H and O–H groups in total. The zero-order chi connectivity index (χ0) is 18.3. The van der Waals surface area contributed by atoms with Crippen LogP contribution in [0.25, 0.3) is 11.0 Å². The molecule has 26 heavy (non-hydrogen) atoms. The van der Waals surface area contributed by atoms with Crippen molar-refractivity contribution >= 4 is 11.0 Å². The molecule has 0 amide bonds. The van der Waals surface area contributed by atoms with E-state index in [2.05, 4.69) is 15.5 Å². The average molecular weight is 359 g/mol. The van der Waals surface area contributed by atoms with Crippen molar-refractivity contribution in [1.82, 2.24) is 14.5 Å². The first kappa shape index (κ1) is 17.1. The number of likely N-dealkylation sites (tertiary alicyclic amines) is 1. The highest BCUT2D eigenvalue weighted by molar-refractivity contribution is 5.75. The molecule has 0 aliphatic carbocycles. The molecule has 0 saturated carbocycles. The molecule has 1 aliphatic rings. The SMILES string of the molecule is Cn1c([C@H]2CCN(Cc3ccc(C(F)(F)F)cc3)C2)nc2ccccc21. The van der Waals surface area contributed by atoms with Crippen molar-refractivity contribution in [3.8, 4) is 0 Å². The molecule has 6 heteroatoms. The van der Waals surface area contributed by atoms with Crippen LogP contribution in [-0.4, -0.2) is 27.5 Å². The predicted molar refractivity (Wildman–Crippen MR) is 94.8 cm³/mol. The summed E-state index contributed by atoms with van der Waals surface area (Å²) in [7, 11) is 2.04. The zero-order valence-corrected chi connectivity index (χ0v) is 14.5. The van der Waals surface area contributed by atoms with Crippen LogP contribution in [0.1, 0.15) is 29.3 Å². The van der Waals surface area contributed by atoms with Crippen molar-refractivity contribution in [2.45, 2.75) is 25.1 Å². The monoisotopic (exact) mass is 359 g/mol. The fourth-order valence-electron chi connectivity index (χ4n) is 3.77. The summed E-state index contributed by atoms with van der Waals surface area (Å²) in [5.74, 6) is 1.43. The van der Waals surface area contributed by atoms with Crippen LogP contribution in [0, 0.1) is 0 Å². The zero-order valence-electron chi connectivity index (χ0n) is 14.5. The summed E-state index contributed by atoms with van der Waals surface area (Å²) in [6, 6.07) is 13.6. The minimum absolute atomic E-state index is 0.349. The van der Waals surface area contributed by atoms with Gasteiger partial charge in [0, 0.05) is 26.1 Å². The number of halogens is 3. The number of para-hydroxylation sites is 2. The highest BCUT2D eigenvalue weighted by Crippen LogP contribution is 2.31. The summed E-state index contributed by atoms with van der Waals surface area (Å²) in [6.45, 7) is 2.46. The number of nitrogens with zero attached hydrogens (tertiary/aromatic N) is 3. The first-order valence-electron chi connectivity index (χ1n) is 8.71. The lowest BCUT2D eigenvalue weighted by Gasteiger charge is -2.16. The molecule has 4 rings (SSSR count). The maximum atomic E-state index is 12.7. The van der Waals surface area contributed by atoms with E-state index in [0.717, 1.165) is 54.1 Å². The number of benzene rings is 2. The Balaban J connectivity index is 1.46. The van der Waals surface area contributed by atoms with E-state index in [0.29, 0.717) is 12.5 Å². The minimum Gasteiger partial charge on any atom is -0.331 e. The van der Waals surface area contributed by atoms with Gasteiger partial charge in [-0.25, -0.2) is 4.98 Å². The molecule has 1 saturated heterocycles. The number of fused-ring (bicyclic) bond motifs is 1. The normalized spacial score (nSPS) is 18.7. The molecule has 0 unspecified atom stereocenters. The van der Waals surface area contributed by atoms with Crippen LogP contribution in [0.4, 0.5) is 13.2 Å². The molecule has 1 atom stereocenters. The maximum absolute atomic E-state index is 12.7. The fourth-order valence-corrected chi connectivity index (χ4v) is 3.77.